The Labute approximate surface area is 202 Å². The topological polar surface area (TPSA) is 67.6 Å². The van der Waals surface area contributed by atoms with Gasteiger partial charge >= 0.3 is 0 Å². The highest BCUT2D eigenvalue weighted by molar-refractivity contribution is 5.82. The third-order valence-corrected chi connectivity index (χ3v) is 6.67. The summed E-state index contributed by atoms with van der Waals surface area (Å²) in [5, 5.41) is 3.53. The minimum Gasteiger partial charge on any atom is -0.457 e. The molecule has 4 rings (SSSR count). The van der Waals surface area contributed by atoms with Crippen LogP contribution in [0.2, 0.25) is 0 Å². The van der Waals surface area contributed by atoms with Gasteiger partial charge in [0.2, 0.25) is 5.91 Å². The first-order valence-electron chi connectivity index (χ1n) is 12.2. The molecule has 0 radical (unpaired) electrons. The minimum absolute atomic E-state index is 0.166. The molecule has 0 unspecified atom stereocenters. The molecule has 1 fully saturated rings. The van der Waals surface area contributed by atoms with Crippen molar-refractivity contribution in [3.05, 3.63) is 95.6 Å². The Bertz CT molecular complexity index is 1030. The average Bonchev–Trinajstić information content (AvgIpc) is 3.43. The number of nitrogens with one attached hydrogen (secondary N) is 1. The monoisotopic (exact) mass is 457 g/mol. The van der Waals surface area contributed by atoms with Gasteiger partial charge in [-0.2, -0.15) is 0 Å². The average molecular weight is 458 g/mol. The van der Waals surface area contributed by atoms with Crippen molar-refractivity contribution in [3.63, 3.8) is 0 Å². The maximum Gasteiger partial charge on any atom is 0.240 e. The van der Waals surface area contributed by atoms with Gasteiger partial charge in [-0.25, -0.2) is 0 Å². The SMILES string of the molecule is CN(C(=O)[C@H](Cc1ccc(CN)cc1)NCc1ccc(Oc2ccccc2)cc1)C1CCCC1. The molecule has 3 aromatic rings. The van der Waals surface area contributed by atoms with E-state index in [1.165, 1.54) is 12.8 Å². The van der Waals surface area contributed by atoms with Crippen LogP contribution in [-0.4, -0.2) is 29.9 Å². The molecule has 0 heterocycles. The van der Waals surface area contributed by atoms with Gasteiger partial charge in [0.05, 0.1) is 6.04 Å². The number of likely N-dealkylation sites (N-methyl/N-ethyl adjacent to an activating group) is 1. The number of carbonyl (C=O) groups excluding carboxylic acids is 1. The molecular formula is C29H35N3O2. The smallest absolute Gasteiger partial charge is 0.240 e. The fourth-order valence-electron chi connectivity index (χ4n) is 4.55. The molecule has 5 heteroatoms. The molecule has 1 aliphatic carbocycles. The maximum atomic E-state index is 13.5. The Hall–Kier alpha value is -3.15. The molecule has 0 aromatic heterocycles. The summed E-state index contributed by atoms with van der Waals surface area (Å²) in [5.41, 5.74) is 9.09. The summed E-state index contributed by atoms with van der Waals surface area (Å²) in [7, 11) is 1.96. The fourth-order valence-corrected chi connectivity index (χ4v) is 4.55. The second-order valence-corrected chi connectivity index (χ2v) is 9.10. The molecule has 34 heavy (non-hydrogen) atoms. The van der Waals surface area contributed by atoms with Gasteiger partial charge in [0.1, 0.15) is 11.5 Å². The van der Waals surface area contributed by atoms with E-state index in [0.717, 1.165) is 41.0 Å². The second-order valence-electron chi connectivity index (χ2n) is 9.10. The van der Waals surface area contributed by atoms with Gasteiger partial charge in [-0.1, -0.05) is 67.4 Å². The molecule has 1 saturated carbocycles. The number of carbonyl (C=O) groups is 1. The van der Waals surface area contributed by atoms with E-state index in [9.17, 15) is 4.79 Å². The van der Waals surface area contributed by atoms with Crippen LogP contribution in [0.5, 0.6) is 11.5 Å². The number of ether oxygens (including phenoxy) is 1. The van der Waals surface area contributed by atoms with Crippen LogP contribution < -0.4 is 15.8 Å². The molecule has 0 saturated heterocycles. The van der Waals surface area contributed by atoms with E-state index < -0.39 is 0 Å². The van der Waals surface area contributed by atoms with E-state index in [2.05, 4.69) is 17.4 Å². The number of hydrogen-bond acceptors (Lipinski definition) is 4. The lowest BCUT2D eigenvalue weighted by atomic mass is 10.0. The summed E-state index contributed by atoms with van der Waals surface area (Å²) in [6, 6.07) is 26.1. The van der Waals surface area contributed by atoms with Gasteiger partial charge < -0.3 is 20.7 Å². The van der Waals surface area contributed by atoms with Crippen LogP contribution in [0.25, 0.3) is 0 Å². The Morgan fingerprint density at radius 1 is 0.912 bits per heavy atom. The van der Waals surface area contributed by atoms with Crippen molar-refractivity contribution in [2.45, 2.75) is 57.3 Å². The Morgan fingerprint density at radius 3 is 2.15 bits per heavy atom. The van der Waals surface area contributed by atoms with Gasteiger partial charge in [0.25, 0.3) is 0 Å². The van der Waals surface area contributed by atoms with Crippen LogP contribution in [0.4, 0.5) is 0 Å². The molecule has 3 N–H and O–H groups in total. The van der Waals surface area contributed by atoms with Crippen molar-refractivity contribution in [1.29, 1.82) is 0 Å². The van der Waals surface area contributed by atoms with E-state index in [4.69, 9.17) is 10.5 Å². The molecule has 0 spiro atoms. The van der Waals surface area contributed by atoms with Crippen LogP contribution in [0.15, 0.2) is 78.9 Å². The number of amides is 1. The highest BCUT2D eigenvalue weighted by atomic mass is 16.5. The first-order chi connectivity index (χ1) is 16.6. The number of nitrogens with two attached hydrogens (primary N) is 1. The molecule has 1 amide bonds. The lowest BCUT2D eigenvalue weighted by Gasteiger charge is -2.29. The maximum absolute atomic E-state index is 13.5. The summed E-state index contributed by atoms with van der Waals surface area (Å²) >= 11 is 0. The van der Waals surface area contributed by atoms with E-state index >= 15 is 0 Å². The third kappa shape index (κ3) is 6.46. The van der Waals surface area contributed by atoms with Crippen LogP contribution in [-0.2, 0) is 24.3 Å². The zero-order chi connectivity index (χ0) is 23.8. The van der Waals surface area contributed by atoms with Crippen LogP contribution in [0.3, 0.4) is 0 Å². The molecular weight excluding hydrogens is 422 g/mol. The second kappa shape index (κ2) is 11.8. The van der Waals surface area contributed by atoms with Gasteiger partial charge in [-0.15, -0.1) is 0 Å². The van der Waals surface area contributed by atoms with Gasteiger partial charge in [0.15, 0.2) is 0 Å². The summed E-state index contributed by atoms with van der Waals surface area (Å²) in [4.78, 5) is 15.4. The van der Waals surface area contributed by atoms with Crippen molar-refractivity contribution in [2.24, 2.45) is 5.73 Å². The van der Waals surface area contributed by atoms with E-state index in [1.54, 1.807) is 0 Å². The zero-order valence-electron chi connectivity index (χ0n) is 20.0. The van der Waals surface area contributed by atoms with Gasteiger partial charge in [-0.3, -0.25) is 4.79 Å². The summed E-state index contributed by atoms with van der Waals surface area (Å²) in [5.74, 6) is 1.78. The highest BCUT2D eigenvalue weighted by Gasteiger charge is 2.28. The summed E-state index contributed by atoms with van der Waals surface area (Å²) in [6.07, 6.45) is 5.26. The highest BCUT2D eigenvalue weighted by Crippen LogP contribution is 2.24. The van der Waals surface area contributed by atoms with Crippen molar-refractivity contribution in [3.8, 4) is 11.5 Å². The fraction of sp³-hybridized carbons (Fsp3) is 0.345. The first-order valence-corrected chi connectivity index (χ1v) is 12.2. The van der Waals surface area contributed by atoms with E-state index in [0.29, 0.717) is 25.6 Å². The molecule has 178 valence electrons. The predicted octanol–water partition coefficient (Wildman–Crippen LogP) is 5.04. The number of nitrogens with zero attached hydrogens (tertiary/aromatic N) is 1. The number of benzene rings is 3. The quantitative estimate of drug-likeness (QED) is 0.448. The van der Waals surface area contributed by atoms with Crippen molar-refractivity contribution < 1.29 is 9.53 Å². The first kappa shape index (κ1) is 24.0. The van der Waals surface area contributed by atoms with Crippen molar-refractivity contribution in [2.75, 3.05) is 7.05 Å². The Balaban J connectivity index is 1.42. The Morgan fingerprint density at radius 2 is 1.50 bits per heavy atom. The van der Waals surface area contributed by atoms with Crippen LogP contribution in [0.1, 0.15) is 42.4 Å². The van der Waals surface area contributed by atoms with Crippen molar-refractivity contribution >= 4 is 5.91 Å². The molecule has 0 bridgehead atoms. The predicted molar refractivity (Wildman–Crippen MR) is 137 cm³/mol. The standard InChI is InChI=1S/C29H35N3O2/c1-32(25-7-5-6-8-25)29(33)28(19-22-11-13-23(20-30)14-12-22)31-21-24-15-17-27(18-16-24)34-26-9-3-2-4-10-26/h2-4,9-18,25,28,31H,5-8,19-21,30H2,1H3/t28-/m0/s1. The van der Waals surface area contributed by atoms with Crippen LogP contribution in [0, 0.1) is 0 Å². The molecule has 0 aliphatic heterocycles. The van der Waals surface area contributed by atoms with Crippen LogP contribution >= 0.6 is 0 Å². The molecule has 5 nitrogen and oxygen atoms in total. The van der Waals surface area contributed by atoms with E-state index in [-0.39, 0.29) is 11.9 Å². The lowest BCUT2D eigenvalue weighted by molar-refractivity contribution is -0.134. The largest absolute Gasteiger partial charge is 0.457 e. The summed E-state index contributed by atoms with van der Waals surface area (Å²) in [6.45, 7) is 1.14. The third-order valence-electron chi connectivity index (χ3n) is 6.67. The Kier molecular flexibility index (Phi) is 8.34. The zero-order valence-corrected chi connectivity index (χ0v) is 20.0. The summed E-state index contributed by atoms with van der Waals surface area (Å²) < 4.78 is 5.89. The van der Waals surface area contributed by atoms with E-state index in [1.807, 2.05) is 78.7 Å². The minimum atomic E-state index is -0.283. The lowest BCUT2D eigenvalue weighted by Crippen LogP contribution is -2.49. The number of hydrogen-bond donors (Lipinski definition) is 2. The molecule has 3 aromatic carbocycles. The molecule has 1 atom stereocenters. The van der Waals surface area contributed by atoms with Gasteiger partial charge in [-0.05, 0) is 60.2 Å². The van der Waals surface area contributed by atoms with Gasteiger partial charge in [0, 0.05) is 26.2 Å². The normalized spacial score (nSPS) is 14.6. The number of para-hydroxylation sites is 1. The van der Waals surface area contributed by atoms with Crippen molar-refractivity contribution in [1.82, 2.24) is 10.2 Å². The number of rotatable bonds is 10. The molecule has 1 aliphatic rings.